The molecule has 0 spiro atoms. The Bertz CT molecular complexity index is 558. The van der Waals surface area contributed by atoms with Crippen molar-refractivity contribution in [3.8, 4) is 23.1 Å². The molecule has 90 valence electrons. The smallest absolute Gasteiger partial charge is 0.129 e. The van der Waals surface area contributed by atoms with Gasteiger partial charge in [-0.15, -0.1) is 0 Å². The van der Waals surface area contributed by atoms with Gasteiger partial charge in [0.25, 0.3) is 0 Å². The van der Waals surface area contributed by atoms with Crippen molar-refractivity contribution in [3.63, 3.8) is 0 Å². The SMILES string of the molecule is COc1ccc(-c2ccnc(CCC#N)n2)cc1. The summed E-state index contributed by atoms with van der Waals surface area (Å²) in [6.07, 6.45) is 2.74. The molecule has 1 aromatic heterocycles. The second-order valence-electron chi connectivity index (χ2n) is 3.74. The number of methoxy groups -OCH3 is 1. The van der Waals surface area contributed by atoms with Crippen LogP contribution in [0.1, 0.15) is 12.2 Å². The molecule has 0 atom stereocenters. The van der Waals surface area contributed by atoms with Gasteiger partial charge in [0.2, 0.25) is 0 Å². The highest BCUT2D eigenvalue weighted by atomic mass is 16.5. The van der Waals surface area contributed by atoms with Crippen molar-refractivity contribution >= 4 is 0 Å². The molecule has 2 aromatic rings. The fourth-order valence-corrected chi connectivity index (χ4v) is 1.61. The maximum atomic E-state index is 8.55. The third-order valence-corrected chi connectivity index (χ3v) is 2.55. The van der Waals surface area contributed by atoms with Crippen LogP contribution in [0.4, 0.5) is 0 Å². The first kappa shape index (κ1) is 12.1. The number of aromatic nitrogens is 2. The Hall–Kier alpha value is -2.41. The molecule has 0 saturated carbocycles. The van der Waals surface area contributed by atoms with Gasteiger partial charge in [-0.1, -0.05) is 0 Å². The molecule has 0 aliphatic rings. The quantitative estimate of drug-likeness (QED) is 0.822. The zero-order valence-electron chi connectivity index (χ0n) is 10.1. The van der Waals surface area contributed by atoms with Crippen LogP contribution >= 0.6 is 0 Å². The normalized spacial score (nSPS) is 9.78. The second kappa shape index (κ2) is 5.78. The van der Waals surface area contributed by atoms with Gasteiger partial charge in [0.1, 0.15) is 11.6 Å². The van der Waals surface area contributed by atoms with E-state index in [2.05, 4.69) is 16.0 Å². The average molecular weight is 239 g/mol. The standard InChI is InChI=1S/C14H13N3O/c1-18-12-6-4-11(5-7-12)13-8-10-16-14(17-13)3-2-9-15/h4-8,10H,2-3H2,1H3. The van der Waals surface area contributed by atoms with E-state index in [1.54, 1.807) is 13.3 Å². The Morgan fingerprint density at radius 2 is 2.00 bits per heavy atom. The molecule has 1 heterocycles. The van der Waals surface area contributed by atoms with Gasteiger partial charge in [-0.05, 0) is 30.3 Å². The van der Waals surface area contributed by atoms with Crippen LogP contribution in [-0.4, -0.2) is 17.1 Å². The summed E-state index contributed by atoms with van der Waals surface area (Å²) in [6, 6.07) is 11.7. The predicted octanol–water partition coefficient (Wildman–Crippen LogP) is 2.61. The monoisotopic (exact) mass is 239 g/mol. The van der Waals surface area contributed by atoms with Crippen molar-refractivity contribution in [1.82, 2.24) is 9.97 Å². The summed E-state index contributed by atoms with van der Waals surface area (Å²) in [6.45, 7) is 0. The van der Waals surface area contributed by atoms with Gasteiger partial charge in [-0.2, -0.15) is 5.26 Å². The summed E-state index contributed by atoms with van der Waals surface area (Å²) >= 11 is 0. The Morgan fingerprint density at radius 1 is 1.22 bits per heavy atom. The Kier molecular flexibility index (Phi) is 3.87. The van der Waals surface area contributed by atoms with Crippen molar-refractivity contribution < 1.29 is 4.74 Å². The number of hydrogen-bond acceptors (Lipinski definition) is 4. The molecule has 0 bridgehead atoms. The molecule has 0 radical (unpaired) electrons. The molecule has 0 N–H and O–H groups in total. The van der Waals surface area contributed by atoms with Crippen LogP contribution in [0.3, 0.4) is 0 Å². The van der Waals surface area contributed by atoms with Gasteiger partial charge in [-0.25, -0.2) is 9.97 Å². The molecule has 0 aliphatic carbocycles. The summed E-state index contributed by atoms with van der Waals surface area (Å²) in [5, 5.41) is 8.55. The first-order chi connectivity index (χ1) is 8.83. The molecule has 0 fully saturated rings. The van der Waals surface area contributed by atoms with Crippen LogP contribution in [0.25, 0.3) is 11.3 Å². The second-order valence-corrected chi connectivity index (χ2v) is 3.74. The molecular formula is C14H13N3O. The molecule has 4 heteroatoms. The Balaban J connectivity index is 2.24. The average Bonchev–Trinajstić information content (AvgIpc) is 2.45. The molecule has 0 amide bonds. The lowest BCUT2D eigenvalue weighted by Crippen LogP contribution is -1.95. The van der Waals surface area contributed by atoms with E-state index in [9.17, 15) is 0 Å². The number of nitriles is 1. The Labute approximate surface area is 106 Å². The summed E-state index contributed by atoms with van der Waals surface area (Å²) in [7, 11) is 1.64. The lowest BCUT2D eigenvalue weighted by atomic mass is 10.1. The summed E-state index contributed by atoms with van der Waals surface area (Å²) in [5.41, 5.74) is 1.87. The molecular weight excluding hydrogens is 226 g/mol. The minimum Gasteiger partial charge on any atom is -0.497 e. The van der Waals surface area contributed by atoms with Crippen LogP contribution in [0.5, 0.6) is 5.75 Å². The third-order valence-electron chi connectivity index (χ3n) is 2.55. The van der Waals surface area contributed by atoms with E-state index in [-0.39, 0.29) is 0 Å². The van der Waals surface area contributed by atoms with Gasteiger partial charge < -0.3 is 4.74 Å². The highest BCUT2D eigenvalue weighted by molar-refractivity contribution is 5.59. The molecule has 1 aromatic carbocycles. The minimum absolute atomic E-state index is 0.437. The third kappa shape index (κ3) is 2.83. The zero-order valence-corrected chi connectivity index (χ0v) is 10.1. The van der Waals surface area contributed by atoms with E-state index < -0.39 is 0 Å². The topological polar surface area (TPSA) is 58.8 Å². The maximum Gasteiger partial charge on any atom is 0.129 e. The fourth-order valence-electron chi connectivity index (χ4n) is 1.61. The fraction of sp³-hybridized carbons (Fsp3) is 0.214. The number of nitrogens with zero attached hydrogens (tertiary/aromatic N) is 3. The maximum absolute atomic E-state index is 8.55. The van der Waals surface area contributed by atoms with Crippen LogP contribution in [0.2, 0.25) is 0 Å². The molecule has 18 heavy (non-hydrogen) atoms. The van der Waals surface area contributed by atoms with Gasteiger partial charge >= 0.3 is 0 Å². The number of aryl methyl sites for hydroxylation is 1. The van der Waals surface area contributed by atoms with E-state index in [0.717, 1.165) is 17.0 Å². The van der Waals surface area contributed by atoms with E-state index in [4.69, 9.17) is 10.00 Å². The van der Waals surface area contributed by atoms with Crippen LogP contribution in [0.15, 0.2) is 36.5 Å². The Morgan fingerprint density at radius 3 is 2.67 bits per heavy atom. The number of ether oxygens (including phenoxy) is 1. The zero-order chi connectivity index (χ0) is 12.8. The van der Waals surface area contributed by atoms with E-state index in [1.807, 2.05) is 30.3 Å². The molecule has 0 saturated heterocycles. The van der Waals surface area contributed by atoms with E-state index in [1.165, 1.54) is 0 Å². The van der Waals surface area contributed by atoms with Crippen LogP contribution < -0.4 is 4.74 Å². The van der Waals surface area contributed by atoms with Crippen LogP contribution in [-0.2, 0) is 6.42 Å². The number of rotatable bonds is 4. The van der Waals surface area contributed by atoms with Crippen molar-refractivity contribution in [1.29, 1.82) is 5.26 Å². The summed E-state index contributed by atoms with van der Waals surface area (Å²) < 4.78 is 5.11. The summed E-state index contributed by atoms with van der Waals surface area (Å²) in [4.78, 5) is 8.58. The van der Waals surface area contributed by atoms with Crippen molar-refractivity contribution in [2.75, 3.05) is 7.11 Å². The van der Waals surface area contributed by atoms with Crippen molar-refractivity contribution in [3.05, 3.63) is 42.4 Å². The van der Waals surface area contributed by atoms with Gasteiger partial charge in [0.15, 0.2) is 0 Å². The highest BCUT2D eigenvalue weighted by Crippen LogP contribution is 2.20. The van der Waals surface area contributed by atoms with E-state index >= 15 is 0 Å². The van der Waals surface area contributed by atoms with Gasteiger partial charge in [-0.3, -0.25) is 0 Å². The number of hydrogen-bond donors (Lipinski definition) is 0. The lowest BCUT2D eigenvalue weighted by molar-refractivity contribution is 0.415. The number of benzene rings is 1. The van der Waals surface area contributed by atoms with Crippen molar-refractivity contribution in [2.45, 2.75) is 12.8 Å². The van der Waals surface area contributed by atoms with Crippen molar-refractivity contribution in [2.24, 2.45) is 0 Å². The molecule has 0 unspecified atom stereocenters. The predicted molar refractivity (Wildman–Crippen MR) is 68.0 cm³/mol. The summed E-state index contributed by atoms with van der Waals surface area (Å²) in [5.74, 6) is 1.52. The van der Waals surface area contributed by atoms with Crippen LogP contribution in [0, 0.1) is 11.3 Å². The largest absolute Gasteiger partial charge is 0.497 e. The highest BCUT2D eigenvalue weighted by Gasteiger charge is 2.02. The first-order valence-electron chi connectivity index (χ1n) is 5.67. The van der Waals surface area contributed by atoms with Gasteiger partial charge in [0, 0.05) is 24.6 Å². The molecule has 4 nitrogen and oxygen atoms in total. The van der Waals surface area contributed by atoms with Gasteiger partial charge in [0.05, 0.1) is 18.9 Å². The minimum atomic E-state index is 0.437. The molecule has 0 aliphatic heterocycles. The van der Waals surface area contributed by atoms with E-state index in [0.29, 0.717) is 18.7 Å². The first-order valence-corrected chi connectivity index (χ1v) is 5.67. The lowest BCUT2D eigenvalue weighted by Gasteiger charge is -2.04. The molecule has 2 rings (SSSR count).